The first-order valence-electron chi connectivity index (χ1n) is 9.62. The van der Waals surface area contributed by atoms with Gasteiger partial charge in [0.25, 0.3) is 0 Å². The Morgan fingerprint density at radius 3 is 2.62 bits per heavy atom. The normalized spacial score (nSPS) is 25.6. The average molecular weight is 372 g/mol. The Balaban J connectivity index is 0.00000196. The molecular formula is C23H30ClNO. The first-order valence-corrected chi connectivity index (χ1v) is 9.62. The predicted octanol–water partition coefficient (Wildman–Crippen LogP) is 5.64. The van der Waals surface area contributed by atoms with Gasteiger partial charge in [0.1, 0.15) is 11.4 Å². The fourth-order valence-electron chi connectivity index (χ4n) is 4.24. The van der Waals surface area contributed by atoms with Crippen LogP contribution in [0.4, 0.5) is 0 Å². The molecule has 1 fully saturated rings. The van der Waals surface area contributed by atoms with Crippen molar-refractivity contribution in [3.63, 3.8) is 0 Å². The van der Waals surface area contributed by atoms with E-state index in [-0.39, 0.29) is 23.5 Å². The zero-order valence-corrected chi connectivity index (χ0v) is 16.9. The monoisotopic (exact) mass is 371 g/mol. The number of halogens is 1. The molecule has 2 aromatic carbocycles. The number of benzene rings is 2. The van der Waals surface area contributed by atoms with Gasteiger partial charge in [-0.2, -0.15) is 0 Å². The maximum absolute atomic E-state index is 6.11. The van der Waals surface area contributed by atoms with E-state index in [4.69, 9.17) is 4.74 Å². The van der Waals surface area contributed by atoms with Gasteiger partial charge in [0.2, 0.25) is 0 Å². The minimum absolute atomic E-state index is 0. The molecule has 2 nitrogen and oxygen atoms in total. The number of fused-ring (bicyclic) bond motifs is 1. The van der Waals surface area contributed by atoms with E-state index in [0.29, 0.717) is 5.92 Å². The summed E-state index contributed by atoms with van der Waals surface area (Å²) in [6.07, 6.45) is 4.62. The largest absolute Gasteiger partial charge is 0.488 e. The Bertz CT molecular complexity index is 758. The van der Waals surface area contributed by atoms with Gasteiger partial charge in [0.15, 0.2) is 0 Å². The number of aryl methyl sites for hydroxylation is 1. The Morgan fingerprint density at radius 2 is 1.88 bits per heavy atom. The quantitative estimate of drug-likeness (QED) is 0.734. The van der Waals surface area contributed by atoms with E-state index in [1.54, 1.807) is 0 Å². The lowest BCUT2D eigenvalue weighted by Gasteiger charge is -2.32. The Hall–Kier alpha value is -1.51. The van der Waals surface area contributed by atoms with Gasteiger partial charge in [-0.25, -0.2) is 0 Å². The van der Waals surface area contributed by atoms with Gasteiger partial charge in [0.05, 0.1) is 0 Å². The second kappa shape index (κ2) is 7.25. The van der Waals surface area contributed by atoms with Crippen LogP contribution in [-0.4, -0.2) is 11.1 Å². The van der Waals surface area contributed by atoms with Crippen molar-refractivity contribution in [1.29, 1.82) is 0 Å². The summed E-state index contributed by atoms with van der Waals surface area (Å²) in [7, 11) is 0. The maximum atomic E-state index is 6.11. The summed E-state index contributed by atoms with van der Waals surface area (Å²) >= 11 is 0. The molecule has 2 unspecified atom stereocenters. The van der Waals surface area contributed by atoms with Crippen molar-refractivity contribution in [1.82, 2.24) is 5.32 Å². The van der Waals surface area contributed by atoms with E-state index in [1.807, 2.05) is 0 Å². The van der Waals surface area contributed by atoms with Crippen LogP contribution in [0.3, 0.4) is 0 Å². The molecule has 3 heteroatoms. The fourth-order valence-corrected chi connectivity index (χ4v) is 4.24. The van der Waals surface area contributed by atoms with E-state index in [0.717, 1.165) is 25.1 Å². The molecule has 4 rings (SSSR count). The summed E-state index contributed by atoms with van der Waals surface area (Å²) in [5, 5.41) is 3.87. The van der Waals surface area contributed by atoms with E-state index in [9.17, 15) is 0 Å². The van der Waals surface area contributed by atoms with Crippen molar-refractivity contribution in [2.24, 2.45) is 0 Å². The summed E-state index contributed by atoms with van der Waals surface area (Å²) in [6, 6.07) is 17.6. The minimum atomic E-state index is -0.0318. The smallest absolute Gasteiger partial charge is 0.123 e. The number of hydrogen-bond acceptors (Lipinski definition) is 2. The number of nitrogens with one attached hydrogen (secondary N) is 1. The Morgan fingerprint density at radius 1 is 1.12 bits per heavy atom. The highest BCUT2D eigenvalue weighted by Crippen LogP contribution is 2.53. The van der Waals surface area contributed by atoms with Crippen LogP contribution in [0.5, 0.6) is 5.75 Å². The standard InChI is InChI=1S/C23H29NO.ClH/c1-4-23(15-20(23)18-8-6-5-7-9-18)24-16-17-10-11-21-19(14-17)12-13-22(2,3)25-21;/h5-11,14,20,24H,4,12-13,15-16H2,1-3H3;1H. The molecule has 0 radical (unpaired) electrons. The summed E-state index contributed by atoms with van der Waals surface area (Å²) in [6.45, 7) is 7.59. The number of ether oxygens (including phenoxy) is 1. The van der Waals surface area contributed by atoms with Gasteiger partial charge in [0, 0.05) is 18.0 Å². The van der Waals surface area contributed by atoms with Crippen LogP contribution in [0.2, 0.25) is 0 Å². The van der Waals surface area contributed by atoms with Gasteiger partial charge >= 0.3 is 0 Å². The van der Waals surface area contributed by atoms with Gasteiger partial charge in [-0.15, -0.1) is 12.4 Å². The summed E-state index contributed by atoms with van der Waals surface area (Å²) < 4.78 is 6.11. The van der Waals surface area contributed by atoms with E-state index < -0.39 is 0 Å². The predicted molar refractivity (Wildman–Crippen MR) is 110 cm³/mol. The molecule has 2 aliphatic rings. The Kier molecular flexibility index (Phi) is 5.37. The fraction of sp³-hybridized carbons (Fsp3) is 0.478. The molecule has 140 valence electrons. The molecule has 1 aliphatic carbocycles. The zero-order valence-electron chi connectivity index (χ0n) is 16.0. The molecular weight excluding hydrogens is 342 g/mol. The minimum Gasteiger partial charge on any atom is -0.488 e. The second-order valence-electron chi connectivity index (χ2n) is 8.33. The summed E-state index contributed by atoms with van der Waals surface area (Å²) in [5.41, 5.74) is 4.44. The first-order chi connectivity index (χ1) is 12.0. The molecule has 1 heterocycles. The van der Waals surface area contributed by atoms with Gasteiger partial charge in [-0.3, -0.25) is 0 Å². The topological polar surface area (TPSA) is 21.3 Å². The van der Waals surface area contributed by atoms with Crippen LogP contribution in [0, 0.1) is 0 Å². The average Bonchev–Trinajstić information content (AvgIpc) is 3.35. The summed E-state index contributed by atoms with van der Waals surface area (Å²) in [4.78, 5) is 0. The molecule has 0 aromatic heterocycles. The van der Waals surface area contributed by atoms with Gasteiger partial charge < -0.3 is 10.1 Å². The van der Waals surface area contributed by atoms with Crippen molar-refractivity contribution >= 4 is 12.4 Å². The molecule has 2 atom stereocenters. The number of hydrogen-bond donors (Lipinski definition) is 1. The van der Waals surface area contributed by atoms with Crippen molar-refractivity contribution in [2.75, 3.05) is 0 Å². The van der Waals surface area contributed by atoms with Crippen molar-refractivity contribution < 1.29 is 4.74 Å². The van der Waals surface area contributed by atoms with Crippen LogP contribution in [0.15, 0.2) is 48.5 Å². The zero-order chi connectivity index (χ0) is 17.5. The highest BCUT2D eigenvalue weighted by atomic mass is 35.5. The van der Waals surface area contributed by atoms with Crippen molar-refractivity contribution in [3.05, 3.63) is 65.2 Å². The molecule has 1 N–H and O–H groups in total. The van der Waals surface area contributed by atoms with Crippen LogP contribution in [0.1, 0.15) is 62.6 Å². The van der Waals surface area contributed by atoms with Crippen molar-refractivity contribution in [2.45, 2.75) is 70.1 Å². The molecule has 26 heavy (non-hydrogen) atoms. The molecule has 0 bridgehead atoms. The lowest BCUT2D eigenvalue weighted by Crippen LogP contribution is -2.33. The van der Waals surface area contributed by atoms with E-state index >= 15 is 0 Å². The van der Waals surface area contributed by atoms with Crippen LogP contribution in [-0.2, 0) is 13.0 Å². The maximum Gasteiger partial charge on any atom is 0.123 e. The number of rotatable bonds is 5. The molecule has 0 spiro atoms. The SMILES string of the molecule is CCC1(NCc2ccc3c(c2)CCC(C)(C)O3)CC1c1ccccc1.Cl. The lowest BCUT2D eigenvalue weighted by molar-refractivity contribution is 0.0846. The van der Waals surface area contributed by atoms with Crippen LogP contribution >= 0.6 is 12.4 Å². The molecule has 0 saturated heterocycles. The Labute approximate surface area is 163 Å². The van der Waals surface area contributed by atoms with E-state index in [2.05, 4.69) is 74.6 Å². The van der Waals surface area contributed by atoms with Gasteiger partial charge in [-0.1, -0.05) is 49.4 Å². The third-order valence-corrected chi connectivity index (χ3v) is 6.06. The van der Waals surface area contributed by atoms with E-state index in [1.165, 1.54) is 29.5 Å². The molecule has 2 aromatic rings. The third-order valence-electron chi connectivity index (χ3n) is 6.06. The van der Waals surface area contributed by atoms with Crippen molar-refractivity contribution in [3.8, 4) is 5.75 Å². The van der Waals surface area contributed by atoms with Crippen LogP contribution < -0.4 is 10.1 Å². The molecule has 1 aliphatic heterocycles. The highest BCUT2D eigenvalue weighted by molar-refractivity contribution is 5.85. The highest BCUT2D eigenvalue weighted by Gasteiger charge is 2.52. The van der Waals surface area contributed by atoms with Gasteiger partial charge in [-0.05, 0) is 62.3 Å². The lowest BCUT2D eigenvalue weighted by atomic mass is 9.93. The summed E-state index contributed by atoms with van der Waals surface area (Å²) in [5.74, 6) is 1.72. The second-order valence-corrected chi connectivity index (χ2v) is 8.33. The first kappa shape index (κ1) is 19.3. The molecule has 0 amide bonds. The molecule has 1 saturated carbocycles. The van der Waals surface area contributed by atoms with Crippen LogP contribution in [0.25, 0.3) is 0 Å². The third kappa shape index (κ3) is 3.77.